The van der Waals surface area contributed by atoms with Crippen molar-refractivity contribution in [2.24, 2.45) is 7.05 Å². The molecular weight excluding hydrogens is 294 g/mol. The van der Waals surface area contributed by atoms with Crippen molar-refractivity contribution in [1.29, 1.82) is 0 Å². The largest absolute Gasteiger partial charge is 0.444 e. The minimum atomic E-state index is -0.486. The van der Waals surface area contributed by atoms with Crippen LogP contribution in [0.3, 0.4) is 0 Å². The van der Waals surface area contributed by atoms with Gasteiger partial charge in [0.25, 0.3) is 0 Å². The van der Waals surface area contributed by atoms with E-state index in [0.717, 1.165) is 13.0 Å². The van der Waals surface area contributed by atoms with Gasteiger partial charge in [0.1, 0.15) is 5.60 Å². The number of alkyl carbamates (subject to hydrolysis) is 1. The molecule has 2 rings (SSSR count). The van der Waals surface area contributed by atoms with E-state index in [1.165, 1.54) is 5.56 Å². The van der Waals surface area contributed by atoms with Crippen LogP contribution >= 0.6 is 0 Å². The van der Waals surface area contributed by atoms with E-state index in [9.17, 15) is 4.79 Å². The van der Waals surface area contributed by atoms with Crippen LogP contribution in [0.15, 0.2) is 18.5 Å². The predicted octanol–water partition coefficient (Wildman–Crippen LogP) is 2.19. The van der Waals surface area contributed by atoms with Crippen LogP contribution in [0.2, 0.25) is 0 Å². The summed E-state index contributed by atoms with van der Waals surface area (Å²) < 4.78 is 13.1. The van der Waals surface area contributed by atoms with Crippen molar-refractivity contribution in [2.75, 3.05) is 6.61 Å². The van der Waals surface area contributed by atoms with Crippen molar-refractivity contribution in [3.8, 4) is 0 Å². The lowest BCUT2D eigenvalue weighted by Crippen LogP contribution is -2.66. The van der Waals surface area contributed by atoms with Crippen LogP contribution in [0.25, 0.3) is 0 Å². The van der Waals surface area contributed by atoms with Gasteiger partial charge in [-0.1, -0.05) is 0 Å². The fourth-order valence-corrected chi connectivity index (χ4v) is 2.78. The second-order valence-corrected chi connectivity index (χ2v) is 7.07. The van der Waals surface area contributed by atoms with Crippen molar-refractivity contribution in [2.45, 2.75) is 64.4 Å². The van der Waals surface area contributed by atoms with Gasteiger partial charge in [-0.05, 0) is 45.7 Å². The molecule has 6 nitrogen and oxygen atoms in total. The summed E-state index contributed by atoms with van der Waals surface area (Å²) in [6.45, 7) is 9.00. The van der Waals surface area contributed by atoms with Crippen LogP contribution in [0.4, 0.5) is 4.79 Å². The van der Waals surface area contributed by atoms with Gasteiger partial charge in [0.15, 0.2) is 0 Å². The van der Waals surface area contributed by atoms with E-state index in [4.69, 9.17) is 9.47 Å². The zero-order chi connectivity index (χ0) is 17.0. The first-order valence-corrected chi connectivity index (χ1v) is 8.24. The van der Waals surface area contributed by atoms with Crippen molar-refractivity contribution >= 4 is 6.09 Å². The Morgan fingerprint density at radius 1 is 1.43 bits per heavy atom. The molecule has 1 saturated carbocycles. The molecule has 3 unspecified atom stereocenters. The van der Waals surface area contributed by atoms with E-state index in [1.807, 2.05) is 45.5 Å². The normalized spacial score (nSPS) is 24.1. The van der Waals surface area contributed by atoms with Gasteiger partial charge < -0.3 is 24.7 Å². The quantitative estimate of drug-likeness (QED) is 0.842. The molecule has 0 radical (unpaired) electrons. The summed E-state index contributed by atoms with van der Waals surface area (Å²) in [4.78, 5) is 11.9. The molecule has 1 fully saturated rings. The van der Waals surface area contributed by atoms with Crippen LogP contribution in [-0.4, -0.2) is 41.1 Å². The molecule has 23 heavy (non-hydrogen) atoms. The summed E-state index contributed by atoms with van der Waals surface area (Å²) in [5.74, 6) is 0. The third-order valence-electron chi connectivity index (χ3n) is 3.84. The van der Waals surface area contributed by atoms with E-state index in [0.29, 0.717) is 6.61 Å². The number of nitrogens with zero attached hydrogens (tertiary/aromatic N) is 1. The second-order valence-electron chi connectivity index (χ2n) is 7.07. The summed E-state index contributed by atoms with van der Waals surface area (Å²) in [6.07, 6.45) is 4.67. The number of carbonyl (C=O) groups is 1. The number of rotatable bonds is 6. The molecule has 0 bridgehead atoms. The van der Waals surface area contributed by atoms with Gasteiger partial charge in [0.2, 0.25) is 0 Å². The van der Waals surface area contributed by atoms with E-state index in [1.54, 1.807) is 0 Å². The summed E-state index contributed by atoms with van der Waals surface area (Å²) in [6, 6.07) is 2.21. The summed E-state index contributed by atoms with van der Waals surface area (Å²) >= 11 is 0. The third kappa shape index (κ3) is 5.25. The minimum absolute atomic E-state index is 0.0325. The number of ether oxygens (including phenoxy) is 2. The lowest BCUT2D eigenvalue weighted by atomic mass is 9.82. The first kappa shape index (κ1) is 17.8. The Hall–Kier alpha value is -1.53. The average Bonchev–Trinajstić information content (AvgIpc) is 2.81. The first-order valence-electron chi connectivity index (χ1n) is 8.24. The molecule has 0 aromatic carbocycles. The highest BCUT2D eigenvalue weighted by Gasteiger charge is 2.42. The van der Waals surface area contributed by atoms with Crippen LogP contribution in [0, 0.1) is 0 Å². The Morgan fingerprint density at radius 3 is 2.74 bits per heavy atom. The molecule has 130 valence electrons. The monoisotopic (exact) mass is 323 g/mol. The van der Waals surface area contributed by atoms with Gasteiger partial charge in [-0.2, -0.15) is 0 Å². The van der Waals surface area contributed by atoms with E-state index in [2.05, 4.69) is 22.9 Å². The van der Waals surface area contributed by atoms with Crippen LogP contribution in [0.1, 0.15) is 39.7 Å². The number of hydrogen-bond donors (Lipinski definition) is 2. The fraction of sp³-hybridized carbons (Fsp3) is 0.706. The second kappa shape index (κ2) is 7.36. The zero-order valence-electron chi connectivity index (χ0n) is 14.8. The smallest absolute Gasteiger partial charge is 0.407 e. The molecule has 1 amide bonds. The van der Waals surface area contributed by atoms with Crippen molar-refractivity contribution < 1.29 is 14.3 Å². The molecule has 0 spiro atoms. The summed E-state index contributed by atoms with van der Waals surface area (Å²) in [5.41, 5.74) is 0.728. The van der Waals surface area contributed by atoms with E-state index < -0.39 is 5.60 Å². The highest BCUT2D eigenvalue weighted by atomic mass is 16.6. The number of aromatic nitrogens is 1. The Labute approximate surface area is 138 Å². The van der Waals surface area contributed by atoms with Gasteiger partial charge in [-0.25, -0.2) is 4.79 Å². The number of hydrogen-bond acceptors (Lipinski definition) is 4. The third-order valence-corrected chi connectivity index (χ3v) is 3.84. The SMILES string of the molecule is CCOC1CC(NC(=O)OC(C)(C)C)C1NCc1ccn(C)c1. The van der Waals surface area contributed by atoms with E-state index in [-0.39, 0.29) is 24.3 Å². The Morgan fingerprint density at radius 2 is 2.17 bits per heavy atom. The fourth-order valence-electron chi connectivity index (χ4n) is 2.78. The maximum atomic E-state index is 11.9. The molecule has 6 heteroatoms. The van der Waals surface area contributed by atoms with Crippen molar-refractivity contribution in [3.05, 3.63) is 24.0 Å². The minimum Gasteiger partial charge on any atom is -0.444 e. The van der Waals surface area contributed by atoms with Crippen molar-refractivity contribution in [3.63, 3.8) is 0 Å². The molecule has 2 N–H and O–H groups in total. The number of amides is 1. The molecule has 1 heterocycles. The molecule has 0 saturated heterocycles. The Kier molecular flexibility index (Phi) is 5.70. The standard InChI is InChI=1S/C17H29N3O3/c1-6-22-14-9-13(19-16(21)23-17(2,3)4)15(14)18-10-12-7-8-20(5)11-12/h7-8,11,13-15,18H,6,9-10H2,1-5H3,(H,19,21). The molecule has 1 aromatic rings. The Balaban J connectivity index is 1.87. The molecular formula is C17H29N3O3. The van der Waals surface area contributed by atoms with Gasteiger partial charge >= 0.3 is 6.09 Å². The topological polar surface area (TPSA) is 64.5 Å². The highest BCUT2D eigenvalue weighted by Crippen LogP contribution is 2.25. The van der Waals surface area contributed by atoms with Gasteiger partial charge in [-0.15, -0.1) is 0 Å². The predicted molar refractivity (Wildman–Crippen MR) is 89.2 cm³/mol. The maximum absolute atomic E-state index is 11.9. The van der Waals surface area contributed by atoms with Crippen molar-refractivity contribution in [1.82, 2.24) is 15.2 Å². The number of carbonyl (C=O) groups excluding carboxylic acids is 1. The van der Waals surface area contributed by atoms with Gasteiger partial charge in [-0.3, -0.25) is 0 Å². The zero-order valence-corrected chi connectivity index (χ0v) is 14.8. The molecule has 1 aliphatic rings. The average molecular weight is 323 g/mol. The van der Waals surface area contributed by atoms with Gasteiger partial charge in [0, 0.05) is 32.6 Å². The van der Waals surface area contributed by atoms with E-state index >= 15 is 0 Å². The Bertz CT molecular complexity index is 521. The highest BCUT2D eigenvalue weighted by molar-refractivity contribution is 5.68. The maximum Gasteiger partial charge on any atom is 0.407 e. The van der Waals surface area contributed by atoms with Crippen LogP contribution in [0.5, 0.6) is 0 Å². The molecule has 3 atom stereocenters. The molecule has 1 aromatic heterocycles. The lowest BCUT2D eigenvalue weighted by molar-refractivity contribution is -0.0438. The van der Waals surface area contributed by atoms with Crippen LogP contribution < -0.4 is 10.6 Å². The summed E-state index contributed by atoms with van der Waals surface area (Å²) in [5, 5.41) is 6.44. The molecule has 1 aliphatic carbocycles. The van der Waals surface area contributed by atoms with Crippen LogP contribution in [-0.2, 0) is 23.1 Å². The first-order chi connectivity index (χ1) is 10.8. The van der Waals surface area contributed by atoms with Gasteiger partial charge in [0.05, 0.1) is 18.2 Å². The summed E-state index contributed by atoms with van der Waals surface area (Å²) in [7, 11) is 2.00. The number of aryl methyl sites for hydroxylation is 1. The molecule has 0 aliphatic heterocycles. The number of nitrogens with one attached hydrogen (secondary N) is 2. The lowest BCUT2D eigenvalue weighted by Gasteiger charge is -2.45.